The van der Waals surface area contributed by atoms with E-state index in [9.17, 15) is 14.4 Å². The van der Waals surface area contributed by atoms with Gasteiger partial charge in [0.05, 0.1) is 16.8 Å². The van der Waals surface area contributed by atoms with Crippen molar-refractivity contribution in [3.63, 3.8) is 0 Å². The van der Waals surface area contributed by atoms with Crippen LogP contribution in [-0.4, -0.2) is 34.1 Å². The molecule has 0 saturated heterocycles. The van der Waals surface area contributed by atoms with Crippen molar-refractivity contribution < 1.29 is 19.1 Å². The number of nitrogens with zero attached hydrogens (tertiary/aromatic N) is 1. The Bertz CT molecular complexity index is 833. The quantitative estimate of drug-likeness (QED) is 0.683. The minimum atomic E-state index is -0.987. The van der Waals surface area contributed by atoms with Crippen molar-refractivity contribution in [3.8, 4) is 0 Å². The number of halogens is 1. The summed E-state index contributed by atoms with van der Waals surface area (Å²) in [7, 11) is 0. The second-order valence-electron chi connectivity index (χ2n) is 6.04. The largest absolute Gasteiger partial charge is 0.438 e. The molecule has 2 amide bonds. The molecule has 1 aliphatic rings. The van der Waals surface area contributed by atoms with Crippen molar-refractivity contribution in [1.82, 2.24) is 10.2 Å². The van der Waals surface area contributed by atoms with Gasteiger partial charge in [0, 0.05) is 18.4 Å². The molecule has 4 N–H and O–H groups in total. The van der Waals surface area contributed by atoms with Crippen LogP contribution in [0, 0.1) is 5.92 Å². The Morgan fingerprint density at radius 1 is 1.35 bits per heavy atom. The molecule has 1 aromatic carbocycles. The highest BCUT2D eigenvalue weighted by molar-refractivity contribution is 6.34. The Hall–Kier alpha value is -2.87. The number of benzene rings is 1. The highest BCUT2D eigenvalue weighted by atomic mass is 35.5. The van der Waals surface area contributed by atoms with Crippen molar-refractivity contribution in [2.75, 3.05) is 5.32 Å². The number of carbonyl (C=O) groups is 3. The van der Waals surface area contributed by atoms with Crippen molar-refractivity contribution in [2.45, 2.75) is 25.4 Å². The molecule has 1 atom stereocenters. The summed E-state index contributed by atoms with van der Waals surface area (Å²) < 4.78 is 4.97. The SMILES string of the molecule is NC(=O)O[C@H](C(=O)Cc1cccc(Cl)c1C(=O)Nc1ccn[nH]1)C1CC1. The van der Waals surface area contributed by atoms with E-state index in [0.29, 0.717) is 11.4 Å². The number of anilines is 1. The van der Waals surface area contributed by atoms with Crippen molar-refractivity contribution in [3.05, 3.63) is 46.6 Å². The minimum absolute atomic E-state index is 0.0172. The molecule has 9 heteroatoms. The first-order chi connectivity index (χ1) is 12.5. The van der Waals surface area contributed by atoms with Crippen molar-refractivity contribution in [1.29, 1.82) is 0 Å². The van der Waals surface area contributed by atoms with Crippen LogP contribution in [0.15, 0.2) is 30.5 Å². The van der Waals surface area contributed by atoms with Crippen LogP contribution >= 0.6 is 11.6 Å². The fourth-order valence-electron chi connectivity index (χ4n) is 2.72. The molecule has 2 aromatic rings. The zero-order valence-corrected chi connectivity index (χ0v) is 14.5. The number of carbonyl (C=O) groups excluding carboxylic acids is 3. The highest BCUT2D eigenvalue weighted by Gasteiger charge is 2.39. The van der Waals surface area contributed by atoms with Gasteiger partial charge in [-0.05, 0) is 24.5 Å². The fourth-order valence-corrected chi connectivity index (χ4v) is 3.00. The van der Waals surface area contributed by atoms with Crippen LogP contribution in [0.4, 0.5) is 10.6 Å². The predicted octanol–water partition coefficient (Wildman–Crippen LogP) is 2.30. The third-order valence-corrected chi connectivity index (χ3v) is 4.37. The van der Waals surface area contributed by atoms with E-state index in [1.807, 2.05) is 0 Å². The van der Waals surface area contributed by atoms with Crippen LogP contribution in [0.2, 0.25) is 5.02 Å². The molecular weight excluding hydrogens is 360 g/mol. The van der Waals surface area contributed by atoms with E-state index in [4.69, 9.17) is 22.1 Å². The maximum absolute atomic E-state index is 12.6. The normalized spacial score (nSPS) is 14.5. The van der Waals surface area contributed by atoms with Gasteiger partial charge in [-0.1, -0.05) is 23.7 Å². The van der Waals surface area contributed by atoms with Crippen LogP contribution in [0.1, 0.15) is 28.8 Å². The molecule has 0 aliphatic heterocycles. The monoisotopic (exact) mass is 376 g/mol. The number of ether oxygens (including phenoxy) is 1. The smallest absolute Gasteiger partial charge is 0.405 e. The van der Waals surface area contributed by atoms with E-state index in [0.717, 1.165) is 12.8 Å². The molecule has 0 bridgehead atoms. The molecule has 1 saturated carbocycles. The molecule has 3 rings (SSSR count). The first kappa shape index (κ1) is 17.9. The minimum Gasteiger partial charge on any atom is -0.438 e. The van der Waals surface area contributed by atoms with Gasteiger partial charge in [-0.25, -0.2) is 4.79 Å². The van der Waals surface area contributed by atoms with Crippen molar-refractivity contribution in [2.24, 2.45) is 11.7 Å². The molecule has 8 nitrogen and oxygen atoms in total. The molecule has 1 fully saturated rings. The number of aromatic amines is 1. The van der Waals surface area contributed by atoms with Gasteiger partial charge in [0.25, 0.3) is 5.91 Å². The van der Waals surface area contributed by atoms with Gasteiger partial charge < -0.3 is 15.8 Å². The van der Waals surface area contributed by atoms with Gasteiger partial charge >= 0.3 is 6.09 Å². The molecule has 0 spiro atoms. The lowest BCUT2D eigenvalue weighted by molar-refractivity contribution is -0.127. The summed E-state index contributed by atoms with van der Waals surface area (Å²) in [5.74, 6) is -0.401. The van der Waals surface area contributed by atoms with Crippen LogP contribution in [0.25, 0.3) is 0 Å². The summed E-state index contributed by atoms with van der Waals surface area (Å²) in [6, 6.07) is 6.44. The summed E-state index contributed by atoms with van der Waals surface area (Å²) >= 11 is 6.18. The van der Waals surface area contributed by atoms with Crippen LogP contribution in [0.3, 0.4) is 0 Å². The van der Waals surface area contributed by atoms with Gasteiger partial charge in [0.2, 0.25) is 0 Å². The maximum Gasteiger partial charge on any atom is 0.405 e. The number of amides is 2. The third-order valence-electron chi connectivity index (χ3n) is 4.05. The molecule has 26 heavy (non-hydrogen) atoms. The Morgan fingerprint density at radius 2 is 2.12 bits per heavy atom. The van der Waals surface area contributed by atoms with Gasteiger partial charge in [-0.3, -0.25) is 14.7 Å². The van der Waals surface area contributed by atoms with Gasteiger partial charge in [0.1, 0.15) is 5.82 Å². The number of rotatable bonds is 7. The second-order valence-corrected chi connectivity index (χ2v) is 6.44. The van der Waals surface area contributed by atoms with Crippen LogP contribution < -0.4 is 11.1 Å². The average Bonchev–Trinajstić information content (AvgIpc) is 3.29. The van der Waals surface area contributed by atoms with E-state index in [-0.39, 0.29) is 28.7 Å². The summed E-state index contributed by atoms with van der Waals surface area (Å²) in [4.78, 5) is 36.2. The number of nitrogens with one attached hydrogen (secondary N) is 2. The standard InChI is InChI=1S/C17H17ClN4O4/c18-11-3-1-2-10(14(11)16(24)21-13-6-7-20-22-13)8-12(23)15(9-4-5-9)26-17(19)25/h1-3,6-7,9,15H,4-5,8H2,(H2,19,25)(H2,20,21,22,24)/t15-/m0/s1. The number of Topliss-reactive ketones (excluding diaryl/α,β-unsaturated/α-hetero) is 1. The lowest BCUT2D eigenvalue weighted by atomic mass is 9.97. The van der Waals surface area contributed by atoms with E-state index in [2.05, 4.69) is 15.5 Å². The van der Waals surface area contributed by atoms with Gasteiger partial charge in [-0.2, -0.15) is 5.10 Å². The number of aromatic nitrogens is 2. The summed E-state index contributed by atoms with van der Waals surface area (Å²) in [5.41, 5.74) is 5.69. The molecule has 0 unspecified atom stereocenters. The zero-order chi connectivity index (χ0) is 18.7. The van der Waals surface area contributed by atoms with Crippen LogP contribution in [0.5, 0.6) is 0 Å². The number of hydrogen-bond donors (Lipinski definition) is 3. The number of H-pyrrole nitrogens is 1. The molecule has 0 radical (unpaired) electrons. The number of nitrogens with two attached hydrogens (primary N) is 1. The third kappa shape index (κ3) is 4.20. The Morgan fingerprint density at radius 3 is 2.73 bits per heavy atom. The topological polar surface area (TPSA) is 127 Å². The van der Waals surface area contributed by atoms with E-state index >= 15 is 0 Å². The predicted molar refractivity (Wildman–Crippen MR) is 93.9 cm³/mol. The first-order valence-electron chi connectivity index (χ1n) is 8.02. The Balaban J connectivity index is 1.81. The van der Waals surface area contributed by atoms with Gasteiger partial charge in [0.15, 0.2) is 11.9 Å². The lowest BCUT2D eigenvalue weighted by Crippen LogP contribution is -2.33. The molecule has 1 heterocycles. The Kier molecular flexibility index (Phi) is 5.22. The molecule has 136 valence electrons. The fraction of sp³-hybridized carbons (Fsp3) is 0.294. The summed E-state index contributed by atoms with van der Waals surface area (Å²) in [6.45, 7) is 0. The van der Waals surface area contributed by atoms with E-state index < -0.39 is 18.1 Å². The number of ketones is 1. The number of primary amides is 1. The zero-order valence-electron chi connectivity index (χ0n) is 13.7. The van der Waals surface area contributed by atoms with E-state index in [1.54, 1.807) is 24.3 Å². The average molecular weight is 377 g/mol. The van der Waals surface area contributed by atoms with Crippen molar-refractivity contribution >= 4 is 35.2 Å². The van der Waals surface area contributed by atoms with Crippen LogP contribution in [-0.2, 0) is 16.0 Å². The molecule has 1 aliphatic carbocycles. The molecule has 1 aromatic heterocycles. The highest BCUT2D eigenvalue weighted by Crippen LogP contribution is 2.35. The number of hydrogen-bond acceptors (Lipinski definition) is 5. The summed E-state index contributed by atoms with van der Waals surface area (Å²) in [6.07, 6.45) is 1.11. The second kappa shape index (κ2) is 7.57. The van der Waals surface area contributed by atoms with Gasteiger partial charge in [-0.15, -0.1) is 0 Å². The maximum atomic E-state index is 12.6. The molecular formula is C17H17ClN4O4. The van der Waals surface area contributed by atoms with E-state index in [1.165, 1.54) is 6.20 Å². The first-order valence-corrected chi connectivity index (χ1v) is 8.40. The lowest BCUT2D eigenvalue weighted by Gasteiger charge is -2.16. The summed E-state index contributed by atoms with van der Waals surface area (Å²) in [5, 5.41) is 9.21. The Labute approximate surface area is 154 Å².